The molecule has 1 saturated carbocycles. The van der Waals surface area contributed by atoms with E-state index in [-0.39, 0.29) is 11.4 Å². The van der Waals surface area contributed by atoms with Crippen molar-refractivity contribution in [2.45, 2.75) is 37.6 Å². The lowest BCUT2D eigenvalue weighted by Crippen LogP contribution is -2.64. The van der Waals surface area contributed by atoms with E-state index < -0.39 is 17.3 Å². The molecule has 0 radical (unpaired) electrons. The highest BCUT2D eigenvalue weighted by Crippen LogP contribution is 2.37. The molecule has 1 aliphatic heterocycles. The first kappa shape index (κ1) is 22.3. The molecule has 0 bridgehead atoms. The molecule has 2 N–H and O–H groups in total. The summed E-state index contributed by atoms with van der Waals surface area (Å²) in [5, 5.41) is 2.56. The van der Waals surface area contributed by atoms with E-state index in [0.29, 0.717) is 29.8 Å². The van der Waals surface area contributed by atoms with Crippen molar-refractivity contribution in [2.75, 3.05) is 25.0 Å². The Hall–Kier alpha value is -3.47. The molecule has 34 heavy (non-hydrogen) atoms. The molecule has 2 atom stereocenters. The van der Waals surface area contributed by atoms with Gasteiger partial charge in [-0.2, -0.15) is 13.2 Å². The zero-order valence-corrected chi connectivity index (χ0v) is 18.4. The summed E-state index contributed by atoms with van der Waals surface area (Å²) in [4.78, 5) is 39.1. The molecular weight excluding hydrogens is 449 g/mol. The van der Waals surface area contributed by atoms with Crippen molar-refractivity contribution >= 4 is 22.6 Å². The van der Waals surface area contributed by atoms with Crippen LogP contribution in [0.2, 0.25) is 0 Å². The molecular formula is C23H23F3N6O2. The van der Waals surface area contributed by atoms with Crippen molar-refractivity contribution in [3.8, 4) is 0 Å². The number of amides is 1. The third-order valence-corrected chi connectivity index (χ3v) is 6.68. The number of rotatable bonds is 4. The number of pyridine rings is 3. The zero-order chi connectivity index (χ0) is 24.0. The fourth-order valence-corrected chi connectivity index (χ4v) is 4.81. The highest BCUT2D eigenvalue weighted by Gasteiger charge is 2.43. The standard InChI is InChI=1S/C23H23F3N6O2/c1-27-22(34)16-3-2-14(11-29-16)32-7-6-31(19-4-5-20(19)32)12-13-8-18-17(28-10-13)9-15(21(33)30-18)23(24,25)26/h2-3,8-11,19-20H,4-7,12H2,1H3,(H,27,34)(H,30,33). The first-order valence-electron chi connectivity index (χ1n) is 11.0. The second-order valence-corrected chi connectivity index (χ2v) is 8.64. The normalized spacial score (nSPS) is 20.6. The molecule has 178 valence electrons. The summed E-state index contributed by atoms with van der Waals surface area (Å²) in [6.07, 6.45) is 0.662. The van der Waals surface area contributed by atoms with E-state index in [4.69, 9.17) is 0 Å². The summed E-state index contributed by atoms with van der Waals surface area (Å²) in [5.41, 5.74) is 0.177. The van der Waals surface area contributed by atoms with Gasteiger partial charge in [0.1, 0.15) is 11.3 Å². The predicted molar refractivity (Wildman–Crippen MR) is 120 cm³/mol. The first-order valence-corrected chi connectivity index (χ1v) is 11.0. The van der Waals surface area contributed by atoms with Crippen molar-refractivity contribution < 1.29 is 18.0 Å². The van der Waals surface area contributed by atoms with Gasteiger partial charge in [0, 0.05) is 45.0 Å². The Morgan fingerprint density at radius 1 is 1.15 bits per heavy atom. The van der Waals surface area contributed by atoms with Gasteiger partial charge in [0.15, 0.2) is 0 Å². The lowest BCUT2D eigenvalue weighted by Gasteiger charge is -2.54. The van der Waals surface area contributed by atoms with E-state index in [2.05, 4.69) is 30.1 Å². The predicted octanol–water partition coefficient (Wildman–Crippen LogP) is 2.55. The highest BCUT2D eigenvalue weighted by molar-refractivity contribution is 5.92. The summed E-state index contributed by atoms with van der Waals surface area (Å²) in [7, 11) is 1.57. The minimum Gasteiger partial charge on any atom is -0.364 e. The molecule has 1 amide bonds. The number of carbonyl (C=O) groups is 1. The Balaban J connectivity index is 1.31. The van der Waals surface area contributed by atoms with Crippen molar-refractivity contribution in [2.24, 2.45) is 0 Å². The van der Waals surface area contributed by atoms with Crippen LogP contribution >= 0.6 is 0 Å². The van der Waals surface area contributed by atoms with Crippen LogP contribution in [0.25, 0.3) is 11.0 Å². The number of carbonyl (C=O) groups excluding carboxylic acids is 1. The second-order valence-electron chi connectivity index (χ2n) is 8.64. The van der Waals surface area contributed by atoms with Gasteiger partial charge in [-0.1, -0.05) is 0 Å². The lowest BCUT2D eigenvalue weighted by atomic mass is 9.81. The maximum atomic E-state index is 13.0. The number of nitrogens with zero attached hydrogens (tertiary/aromatic N) is 4. The summed E-state index contributed by atoms with van der Waals surface area (Å²) in [5.74, 6) is -0.224. The first-order chi connectivity index (χ1) is 16.2. The van der Waals surface area contributed by atoms with E-state index in [1.54, 1.807) is 31.6 Å². The molecule has 2 unspecified atom stereocenters. The van der Waals surface area contributed by atoms with Crippen molar-refractivity contribution in [3.63, 3.8) is 0 Å². The van der Waals surface area contributed by atoms with Crippen LogP contribution in [0.15, 0.2) is 41.5 Å². The fraction of sp³-hybridized carbons (Fsp3) is 0.391. The van der Waals surface area contributed by atoms with E-state index >= 15 is 0 Å². The molecule has 4 heterocycles. The number of halogens is 3. The minimum atomic E-state index is -4.72. The van der Waals surface area contributed by atoms with Crippen LogP contribution in [0.1, 0.15) is 34.5 Å². The van der Waals surface area contributed by atoms with Crippen LogP contribution in [0.5, 0.6) is 0 Å². The van der Waals surface area contributed by atoms with Gasteiger partial charge in [-0.15, -0.1) is 0 Å². The molecule has 3 aromatic rings. The van der Waals surface area contributed by atoms with E-state index in [1.165, 1.54) is 0 Å². The fourth-order valence-electron chi connectivity index (χ4n) is 4.81. The Kier molecular flexibility index (Phi) is 5.51. The average molecular weight is 472 g/mol. The third-order valence-electron chi connectivity index (χ3n) is 6.68. The Morgan fingerprint density at radius 2 is 1.94 bits per heavy atom. The molecule has 2 aliphatic rings. The third kappa shape index (κ3) is 4.00. The number of aromatic amines is 1. The number of aromatic nitrogens is 3. The highest BCUT2D eigenvalue weighted by atomic mass is 19.4. The SMILES string of the molecule is CNC(=O)c1ccc(N2CCN(Cc3cnc4cc(C(F)(F)F)c(=O)[nH]c4c3)C3CCC32)cn1. The maximum Gasteiger partial charge on any atom is 0.421 e. The van der Waals surface area contributed by atoms with Gasteiger partial charge in [0.05, 0.1) is 22.9 Å². The summed E-state index contributed by atoms with van der Waals surface area (Å²) >= 11 is 0. The molecule has 11 heteroatoms. The van der Waals surface area contributed by atoms with Crippen LogP contribution in [0.3, 0.4) is 0 Å². The number of hydrogen-bond acceptors (Lipinski definition) is 6. The smallest absolute Gasteiger partial charge is 0.364 e. The van der Waals surface area contributed by atoms with E-state index in [0.717, 1.165) is 43.2 Å². The van der Waals surface area contributed by atoms with Gasteiger partial charge >= 0.3 is 6.18 Å². The molecule has 1 aliphatic carbocycles. The van der Waals surface area contributed by atoms with E-state index in [9.17, 15) is 22.8 Å². The van der Waals surface area contributed by atoms with Crippen LogP contribution in [0, 0.1) is 0 Å². The van der Waals surface area contributed by atoms with Gasteiger partial charge in [-0.3, -0.25) is 19.5 Å². The number of anilines is 1. The summed E-state index contributed by atoms with van der Waals surface area (Å²) < 4.78 is 39.0. The van der Waals surface area contributed by atoms with Gasteiger partial charge in [-0.25, -0.2) is 4.98 Å². The van der Waals surface area contributed by atoms with Crippen molar-refractivity contribution in [1.29, 1.82) is 0 Å². The molecule has 1 saturated heterocycles. The van der Waals surface area contributed by atoms with Gasteiger partial charge < -0.3 is 15.2 Å². The number of hydrogen-bond donors (Lipinski definition) is 2. The Bertz CT molecular complexity index is 1290. The summed E-state index contributed by atoms with van der Waals surface area (Å²) in [6, 6.07) is 6.79. The van der Waals surface area contributed by atoms with Gasteiger partial charge in [0.25, 0.3) is 11.5 Å². The van der Waals surface area contributed by atoms with Crippen LogP contribution in [0.4, 0.5) is 18.9 Å². The molecule has 3 aromatic heterocycles. The monoisotopic (exact) mass is 472 g/mol. The molecule has 8 nitrogen and oxygen atoms in total. The largest absolute Gasteiger partial charge is 0.421 e. The number of H-pyrrole nitrogens is 1. The molecule has 5 rings (SSSR count). The second kappa shape index (κ2) is 8.39. The minimum absolute atomic E-state index is 0.106. The number of fused-ring (bicyclic) bond motifs is 2. The number of alkyl halides is 3. The van der Waals surface area contributed by atoms with Crippen LogP contribution < -0.4 is 15.8 Å². The Labute approximate surface area is 192 Å². The quantitative estimate of drug-likeness (QED) is 0.606. The van der Waals surface area contributed by atoms with Crippen molar-refractivity contribution in [3.05, 3.63) is 63.8 Å². The van der Waals surface area contributed by atoms with Crippen LogP contribution in [-0.2, 0) is 12.7 Å². The summed E-state index contributed by atoms with van der Waals surface area (Å²) in [6.45, 7) is 2.17. The van der Waals surface area contributed by atoms with E-state index in [1.807, 2.05) is 6.07 Å². The zero-order valence-electron chi connectivity index (χ0n) is 18.4. The van der Waals surface area contributed by atoms with Crippen molar-refractivity contribution in [1.82, 2.24) is 25.2 Å². The number of nitrogens with one attached hydrogen (secondary N) is 2. The molecule has 0 spiro atoms. The maximum absolute atomic E-state index is 13.0. The molecule has 0 aromatic carbocycles. The molecule has 2 fully saturated rings. The number of piperazine rings is 1. The van der Waals surface area contributed by atoms with Gasteiger partial charge in [0.2, 0.25) is 0 Å². The lowest BCUT2D eigenvalue weighted by molar-refractivity contribution is -0.138. The Morgan fingerprint density at radius 3 is 2.59 bits per heavy atom. The van der Waals surface area contributed by atoms with Crippen LogP contribution in [-0.4, -0.2) is 58.0 Å². The van der Waals surface area contributed by atoms with Gasteiger partial charge in [-0.05, 0) is 42.7 Å². The topological polar surface area (TPSA) is 94.2 Å². The average Bonchev–Trinajstić information content (AvgIpc) is 2.78.